The average Bonchev–Trinajstić information content (AvgIpc) is 3.26. The number of carbonyl (C=O) groups excluding carboxylic acids is 1. The van der Waals surface area contributed by atoms with E-state index in [0.29, 0.717) is 24.9 Å². The van der Waals surface area contributed by atoms with E-state index in [1.54, 1.807) is 13.2 Å². The van der Waals surface area contributed by atoms with Crippen molar-refractivity contribution in [1.82, 2.24) is 20.0 Å². The molecule has 12 heteroatoms. The van der Waals surface area contributed by atoms with Crippen LogP contribution in [0.25, 0.3) is 0 Å². The molecule has 0 aliphatic rings. The fraction of sp³-hybridized carbons (Fsp3) is 0.286. The Morgan fingerprint density at radius 1 is 1.09 bits per heavy atom. The van der Waals surface area contributed by atoms with Crippen molar-refractivity contribution in [3.63, 3.8) is 0 Å². The number of nitrogens with one attached hydrogen (secondary N) is 4. The molecule has 0 bridgehead atoms. The summed E-state index contributed by atoms with van der Waals surface area (Å²) in [6, 6.07) is 12.5. The summed E-state index contributed by atoms with van der Waals surface area (Å²) in [7, 11) is -2.03. The van der Waals surface area contributed by atoms with E-state index >= 15 is 0 Å². The van der Waals surface area contributed by atoms with Gasteiger partial charge in [0, 0.05) is 42.3 Å². The summed E-state index contributed by atoms with van der Waals surface area (Å²) in [5.74, 6) is 1.59. The van der Waals surface area contributed by atoms with Crippen molar-refractivity contribution in [3.8, 4) is 5.75 Å². The van der Waals surface area contributed by atoms with E-state index in [1.807, 2.05) is 37.3 Å². The number of thiophene rings is 1. The lowest BCUT2D eigenvalue weighted by Crippen LogP contribution is -2.28. The van der Waals surface area contributed by atoms with Gasteiger partial charge in [-0.2, -0.15) is 4.98 Å². The first-order valence-corrected chi connectivity index (χ1v) is 12.4. The van der Waals surface area contributed by atoms with E-state index in [9.17, 15) is 13.2 Å². The second-order valence-corrected chi connectivity index (χ2v) is 10.2. The van der Waals surface area contributed by atoms with Crippen molar-refractivity contribution < 1.29 is 17.9 Å². The Morgan fingerprint density at radius 3 is 2.55 bits per heavy atom. The highest BCUT2D eigenvalue weighted by atomic mass is 32.2. The number of hydrogen-bond acceptors (Lipinski definition) is 9. The zero-order valence-electron chi connectivity index (χ0n) is 18.5. The van der Waals surface area contributed by atoms with Crippen LogP contribution in [0.3, 0.4) is 0 Å². The van der Waals surface area contributed by atoms with Gasteiger partial charge in [-0.1, -0.05) is 0 Å². The third kappa shape index (κ3) is 7.41. The molecule has 3 rings (SSSR count). The lowest BCUT2D eigenvalue weighted by atomic mass is 10.3. The number of ether oxygens (including phenoxy) is 1. The molecule has 33 heavy (non-hydrogen) atoms. The molecule has 0 saturated heterocycles. The largest absolute Gasteiger partial charge is 0.497 e. The molecular weight excluding hydrogens is 464 g/mol. The maximum Gasteiger partial charge on any atom is 0.250 e. The molecule has 1 aromatic carbocycles. The minimum atomic E-state index is -3.64. The number of aromatic nitrogens is 2. The lowest BCUT2D eigenvalue weighted by Gasteiger charge is -2.11. The Balaban J connectivity index is 1.53. The second-order valence-electron chi connectivity index (χ2n) is 7.03. The quantitative estimate of drug-likeness (QED) is 0.301. The van der Waals surface area contributed by atoms with E-state index in [-0.39, 0.29) is 16.7 Å². The Morgan fingerprint density at radius 2 is 1.85 bits per heavy atom. The maximum absolute atomic E-state index is 12.5. The van der Waals surface area contributed by atoms with Crippen LogP contribution in [0.1, 0.15) is 17.5 Å². The van der Waals surface area contributed by atoms with Gasteiger partial charge in [-0.3, -0.25) is 4.79 Å². The van der Waals surface area contributed by atoms with Gasteiger partial charge in [-0.15, -0.1) is 11.3 Å². The molecule has 176 valence electrons. The van der Waals surface area contributed by atoms with E-state index in [4.69, 9.17) is 4.74 Å². The summed E-state index contributed by atoms with van der Waals surface area (Å²) < 4.78 is 32.9. The standard InChI is InChI=1S/C21H26N6O4S2/c1-14-12-19(26-16-4-6-17(31-3)7-5-16)27-21(25-14)22-10-11-24-33(29,30)20-9-8-18(32-20)13-23-15(2)28/h4-9,12,24H,10-11,13H2,1-3H3,(H,23,28)(H2,22,25,26,27). The minimum absolute atomic E-state index is 0.153. The molecule has 2 aromatic heterocycles. The first-order chi connectivity index (χ1) is 15.7. The summed E-state index contributed by atoms with van der Waals surface area (Å²) >= 11 is 1.12. The number of anilines is 3. The SMILES string of the molecule is COc1ccc(Nc2cc(C)nc(NCCNS(=O)(=O)c3ccc(CNC(C)=O)s3)n2)cc1. The van der Waals surface area contributed by atoms with E-state index in [1.165, 1.54) is 13.0 Å². The van der Waals surface area contributed by atoms with Gasteiger partial charge in [-0.25, -0.2) is 18.1 Å². The summed E-state index contributed by atoms with van der Waals surface area (Å²) in [5.41, 5.74) is 1.61. The molecule has 0 atom stereocenters. The molecule has 1 amide bonds. The summed E-state index contributed by atoms with van der Waals surface area (Å²) in [5, 5.41) is 8.90. The van der Waals surface area contributed by atoms with Crippen molar-refractivity contribution in [2.45, 2.75) is 24.6 Å². The summed E-state index contributed by atoms with van der Waals surface area (Å²) in [4.78, 5) is 20.5. The van der Waals surface area contributed by atoms with Crippen molar-refractivity contribution >= 4 is 44.7 Å². The van der Waals surface area contributed by atoms with Crippen LogP contribution in [0.2, 0.25) is 0 Å². The zero-order chi connectivity index (χ0) is 23.8. The third-order valence-corrected chi connectivity index (χ3v) is 7.37. The van der Waals surface area contributed by atoms with Gasteiger partial charge < -0.3 is 20.7 Å². The van der Waals surface area contributed by atoms with E-state index in [2.05, 4.69) is 30.6 Å². The highest BCUT2D eigenvalue weighted by Crippen LogP contribution is 2.22. The number of hydrogen-bond donors (Lipinski definition) is 4. The molecule has 4 N–H and O–H groups in total. The highest BCUT2D eigenvalue weighted by molar-refractivity contribution is 7.91. The van der Waals surface area contributed by atoms with Crippen LogP contribution in [0.15, 0.2) is 46.7 Å². The minimum Gasteiger partial charge on any atom is -0.497 e. The third-order valence-electron chi connectivity index (χ3n) is 4.33. The molecule has 3 aromatic rings. The van der Waals surface area contributed by atoms with Crippen LogP contribution in [0, 0.1) is 6.92 Å². The second kappa shape index (κ2) is 11.1. The van der Waals surface area contributed by atoms with Crippen molar-refractivity contribution in [3.05, 3.63) is 53.0 Å². The number of nitrogens with zero attached hydrogens (tertiary/aromatic N) is 2. The Labute approximate surface area is 196 Å². The smallest absolute Gasteiger partial charge is 0.250 e. The molecule has 0 spiro atoms. The normalized spacial score (nSPS) is 11.1. The van der Waals surface area contributed by atoms with Crippen LogP contribution < -0.4 is 25.4 Å². The monoisotopic (exact) mass is 490 g/mol. The fourth-order valence-corrected chi connectivity index (χ4v) is 5.15. The van der Waals surface area contributed by atoms with Gasteiger partial charge in [0.05, 0.1) is 13.7 Å². The Hall–Kier alpha value is -3.22. The number of carbonyl (C=O) groups is 1. The molecular formula is C21H26N6O4S2. The number of aryl methyl sites for hydroxylation is 1. The molecule has 10 nitrogen and oxygen atoms in total. The lowest BCUT2D eigenvalue weighted by molar-refractivity contribution is -0.119. The number of benzene rings is 1. The zero-order valence-corrected chi connectivity index (χ0v) is 20.1. The van der Waals surface area contributed by atoms with Crippen molar-refractivity contribution in [2.75, 3.05) is 30.8 Å². The highest BCUT2D eigenvalue weighted by Gasteiger charge is 2.16. The first-order valence-electron chi connectivity index (χ1n) is 10.1. The van der Waals surface area contributed by atoms with Gasteiger partial charge in [-0.05, 0) is 43.3 Å². The first kappa shape index (κ1) is 24.4. The molecule has 0 saturated carbocycles. The van der Waals surface area contributed by atoms with Crippen LogP contribution in [-0.2, 0) is 21.4 Å². The Bertz CT molecular complexity index is 1200. The predicted molar refractivity (Wildman–Crippen MR) is 129 cm³/mol. The molecule has 0 unspecified atom stereocenters. The molecule has 0 aliphatic heterocycles. The molecule has 0 aliphatic carbocycles. The topological polar surface area (TPSA) is 134 Å². The average molecular weight is 491 g/mol. The van der Waals surface area contributed by atoms with Crippen molar-refractivity contribution in [2.24, 2.45) is 0 Å². The summed E-state index contributed by atoms with van der Waals surface area (Å²) in [6.45, 7) is 4.02. The van der Waals surface area contributed by atoms with Gasteiger partial charge in [0.1, 0.15) is 15.8 Å². The van der Waals surface area contributed by atoms with Crippen LogP contribution in [-0.4, -0.2) is 44.5 Å². The fourth-order valence-electron chi connectivity index (χ4n) is 2.77. The van der Waals surface area contributed by atoms with E-state index in [0.717, 1.165) is 33.3 Å². The molecule has 0 fully saturated rings. The molecule has 2 heterocycles. The molecule has 0 radical (unpaired) electrons. The Kier molecular flexibility index (Phi) is 8.20. The van der Waals surface area contributed by atoms with Crippen LogP contribution in [0.4, 0.5) is 17.5 Å². The number of sulfonamides is 1. The maximum atomic E-state index is 12.5. The van der Waals surface area contributed by atoms with Crippen LogP contribution in [0.5, 0.6) is 5.75 Å². The van der Waals surface area contributed by atoms with Crippen LogP contribution >= 0.6 is 11.3 Å². The number of rotatable bonds is 11. The number of amides is 1. The summed E-state index contributed by atoms with van der Waals surface area (Å²) in [6.07, 6.45) is 0. The number of methoxy groups -OCH3 is 1. The predicted octanol–water partition coefficient (Wildman–Crippen LogP) is 2.63. The van der Waals surface area contributed by atoms with Crippen molar-refractivity contribution in [1.29, 1.82) is 0 Å². The van der Waals surface area contributed by atoms with Gasteiger partial charge in [0.15, 0.2) is 0 Å². The van der Waals surface area contributed by atoms with Gasteiger partial charge in [0.25, 0.3) is 0 Å². The van der Waals surface area contributed by atoms with Gasteiger partial charge in [0.2, 0.25) is 21.9 Å². The van der Waals surface area contributed by atoms with E-state index < -0.39 is 10.0 Å². The van der Waals surface area contributed by atoms with Gasteiger partial charge >= 0.3 is 0 Å².